The summed E-state index contributed by atoms with van der Waals surface area (Å²) in [5.74, 6) is -0.119. The summed E-state index contributed by atoms with van der Waals surface area (Å²) in [4.78, 5) is 14.3. The molecule has 2 N–H and O–H groups in total. The molecule has 1 aliphatic rings. The number of nitrogens with two attached hydrogens (primary N) is 1. The van der Waals surface area contributed by atoms with E-state index in [1.807, 2.05) is 0 Å². The molecule has 1 aromatic rings. The van der Waals surface area contributed by atoms with E-state index in [1.165, 1.54) is 18.6 Å². The van der Waals surface area contributed by atoms with Crippen LogP contribution in [0.3, 0.4) is 0 Å². The topological polar surface area (TPSA) is 46.3 Å². The Hall–Kier alpha value is -1.42. The summed E-state index contributed by atoms with van der Waals surface area (Å²) in [5.41, 5.74) is 7.01. The summed E-state index contributed by atoms with van der Waals surface area (Å²) in [6, 6.07) is 4.65. The fraction of sp³-hybridized carbons (Fsp3) is 0.562. The second-order valence-corrected chi connectivity index (χ2v) is 5.78. The van der Waals surface area contributed by atoms with Crippen LogP contribution in [0, 0.1) is 18.7 Å². The third-order valence-electron chi connectivity index (χ3n) is 4.28. The monoisotopic (exact) mass is 278 g/mol. The van der Waals surface area contributed by atoms with E-state index in [-0.39, 0.29) is 17.8 Å². The van der Waals surface area contributed by atoms with Crippen molar-refractivity contribution >= 4 is 5.91 Å². The zero-order chi connectivity index (χ0) is 14.7. The Balaban J connectivity index is 2.18. The van der Waals surface area contributed by atoms with Crippen molar-refractivity contribution in [3.63, 3.8) is 0 Å². The fourth-order valence-corrected chi connectivity index (χ4v) is 3.19. The van der Waals surface area contributed by atoms with Crippen LogP contribution >= 0.6 is 0 Å². The van der Waals surface area contributed by atoms with E-state index in [4.69, 9.17) is 5.73 Å². The molecule has 0 spiro atoms. The van der Waals surface area contributed by atoms with Gasteiger partial charge in [0.2, 0.25) is 0 Å². The molecule has 1 amide bonds. The zero-order valence-electron chi connectivity index (χ0n) is 12.2. The number of hydrogen-bond donors (Lipinski definition) is 1. The van der Waals surface area contributed by atoms with E-state index in [0.29, 0.717) is 18.0 Å². The number of rotatable bonds is 3. The molecule has 20 heavy (non-hydrogen) atoms. The van der Waals surface area contributed by atoms with Gasteiger partial charge in [0.1, 0.15) is 5.82 Å². The van der Waals surface area contributed by atoms with Gasteiger partial charge in [-0.15, -0.1) is 0 Å². The normalized spacial score (nSPS) is 22.6. The smallest absolute Gasteiger partial charge is 0.253 e. The number of hydrogen-bond acceptors (Lipinski definition) is 2. The van der Waals surface area contributed by atoms with Crippen molar-refractivity contribution in [3.05, 3.63) is 35.1 Å². The minimum Gasteiger partial charge on any atom is -0.338 e. The highest BCUT2D eigenvalue weighted by Gasteiger charge is 2.30. The maximum absolute atomic E-state index is 13.4. The van der Waals surface area contributed by atoms with Gasteiger partial charge in [-0.3, -0.25) is 4.79 Å². The molecule has 0 radical (unpaired) electrons. The Morgan fingerprint density at radius 2 is 2.05 bits per heavy atom. The van der Waals surface area contributed by atoms with E-state index in [0.717, 1.165) is 24.8 Å². The van der Waals surface area contributed by atoms with Gasteiger partial charge in [0.05, 0.1) is 0 Å². The number of nitrogens with zero attached hydrogens (tertiary/aromatic N) is 1. The number of benzene rings is 1. The van der Waals surface area contributed by atoms with E-state index in [1.54, 1.807) is 24.9 Å². The molecule has 0 aromatic heterocycles. The Bertz CT molecular complexity index is 469. The van der Waals surface area contributed by atoms with Crippen LogP contribution in [-0.2, 0) is 0 Å². The van der Waals surface area contributed by atoms with Crippen LogP contribution in [0.4, 0.5) is 4.39 Å². The van der Waals surface area contributed by atoms with Crippen molar-refractivity contribution in [1.82, 2.24) is 4.90 Å². The van der Waals surface area contributed by atoms with Gasteiger partial charge in [0.15, 0.2) is 0 Å². The molecule has 0 aliphatic heterocycles. The lowest BCUT2D eigenvalue weighted by Crippen LogP contribution is -2.45. The van der Waals surface area contributed by atoms with E-state index < -0.39 is 0 Å². The zero-order valence-corrected chi connectivity index (χ0v) is 12.2. The highest BCUT2D eigenvalue weighted by atomic mass is 19.1. The fourth-order valence-electron chi connectivity index (χ4n) is 3.19. The second kappa shape index (κ2) is 6.35. The van der Waals surface area contributed by atoms with Gasteiger partial charge in [0, 0.05) is 18.7 Å². The third-order valence-corrected chi connectivity index (χ3v) is 4.28. The Kier molecular flexibility index (Phi) is 4.76. The third kappa shape index (κ3) is 3.18. The average molecular weight is 278 g/mol. The number of aryl methyl sites for hydroxylation is 1. The standard InChI is InChI=1S/C16H23FN2O/c1-11-7-13(9-14(17)8-11)16(20)19(2)15-6-4-3-5-12(15)10-18/h7-9,12,15H,3-6,10,18H2,1-2H3. The first-order valence-electron chi connectivity index (χ1n) is 7.27. The molecule has 0 bridgehead atoms. The summed E-state index contributed by atoms with van der Waals surface area (Å²) < 4.78 is 13.4. The molecule has 4 heteroatoms. The lowest BCUT2D eigenvalue weighted by molar-refractivity contribution is 0.0620. The van der Waals surface area contributed by atoms with Gasteiger partial charge in [-0.05, 0) is 56.0 Å². The lowest BCUT2D eigenvalue weighted by Gasteiger charge is -2.37. The first kappa shape index (κ1) is 15.0. The van der Waals surface area contributed by atoms with Gasteiger partial charge in [0.25, 0.3) is 5.91 Å². The Morgan fingerprint density at radius 3 is 2.70 bits per heavy atom. The van der Waals surface area contributed by atoms with Crippen LogP contribution in [-0.4, -0.2) is 30.4 Å². The summed E-state index contributed by atoms with van der Waals surface area (Å²) in [5, 5.41) is 0. The van der Waals surface area contributed by atoms with Gasteiger partial charge in [-0.25, -0.2) is 4.39 Å². The molecule has 2 unspecified atom stereocenters. The first-order chi connectivity index (χ1) is 9.52. The van der Waals surface area contributed by atoms with Crippen molar-refractivity contribution in [3.8, 4) is 0 Å². The average Bonchev–Trinajstić information content (AvgIpc) is 2.44. The van der Waals surface area contributed by atoms with Gasteiger partial charge >= 0.3 is 0 Å². The van der Waals surface area contributed by atoms with Crippen molar-refractivity contribution in [2.45, 2.75) is 38.6 Å². The number of carbonyl (C=O) groups excluding carboxylic acids is 1. The summed E-state index contributed by atoms with van der Waals surface area (Å²) in [6.07, 6.45) is 4.36. The number of amides is 1. The Morgan fingerprint density at radius 1 is 1.35 bits per heavy atom. The van der Waals surface area contributed by atoms with Crippen LogP contribution in [0.15, 0.2) is 18.2 Å². The second-order valence-electron chi connectivity index (χ2n) is 5.78. The molecular formula is C16H23FN2O. The van der Waals surface area contributed by atoms with E-state index in [9.17, 15) is 9.18 Å². The quantitative estimate of drug-likeness (QED) is 0.924. The molecule has 1 saturated carbocycles. The molecule has 1 fully saturated rings. The molecule has 1 aromatic carbocycles. The van der Waals surface area contributed by atoms with Crippen LogP contribution in [0.25, 0.3) is 0 Å². The van der Waals surface area contributed by atoms with Crippen molar-refractivity contribution in [2.75, 3.05) is 13.6 Å². The summed E-state index contributed by atoms with van der Waals surface area (Å²) >= 11 is 0. The minimum atomic E-state index is -0.360. The van der Waals surface area contributed by atoms with Gasteiger partial charge in [-0.1, -0.05) is 12.8 Å². The molecule has 0 saturated heterocycles. The molecule has 1 aliphatic carbocycles. The minimum absolute atomic E-state index is 0.113. The summed E-state index contributed by atoms with van der Waals surface area (Å²) in [6.45, 7) is 2.40. The summed E-state index contributed by atoms with van der Waals surface area (Å²) in [7, 11) is 1.81. The van der Waals surface area contributed by atoms with Crippen molar-refractivity contribution in [1.29, 1.82) is 0 Å². The maximum Gasteiger partial charge on any atom is 0.253 e. The SMILES string of the molecule is Cc1cc(F)cc(C(=O)N(C)C2CCCCC2CN)c1. The number of halogens is 1. The van der Waals surface area contributed by atoms with Crippen molar-refractivity contribution < 1.29 is 9.18 Å². The van der Waals surface area contributed by atoms with Crippen LogP contribution < -0.4 is 5.73 Å². The van der Waals surface area contributed by atoms with E-state index >= 15 is 0 Å². The predicted octanol–water partition coefficient (Wildman–Crippen LogP) is 2.72. The van der Waals surface area contributed by atoms with Crippen LogP contribution in [0.1, 0.15) is 41.6 Å². The highest BCUT2D eigenvalue weighted by molar-refractivity contribution is 5.94. The maximum atomic E-state index is 13.4. The molecule has 0 heterocycles. The molecule has 2 rings (SSSR count). The van der Waals surface area contributed by atoms with Crippen LogP contribution in [0.5, 0.6) is 0 Å². The Labute approximate surface area is 120 Å². The molecule has 2 atom stereocenters. The van der Waals surface area contributed by atoms with Crippen molar-refractivity contribution in [2.24, 2.45) is 11.7 Å². The largest absolute Gasteiger partial charge is 0.338 e. The predicted molar refractivity (Wildman–Crippen MR) is 78.0 cm³/mol. The van der Waals surface area contributed by atoms with Crippen LogP contribution in [0.2, 0.25) is 0 Å². The number of carbonyl (C=O) groups is 1. The van der Waals surface area contributed by atoms with Gasteiger partial charge < -0.3 is 10.6 Å². The lowest BCUT2D eigenvalue weighted by atomic mass is 9.83. The molecule has 3 nitrogen and oxygen atoms in total. The van der Waals surface area contributed by atoms with Gasteiger partial charge in [-0.2, -0.15) is 0 Å². The van der Waals surface area contributed by atoms with E-state index in [2.05, 4.69) is 0 Å². The first-order valence-corrected chi connectivity index (χ1v) is 7.27. The molecular weight excluding hydrogens is 255 g/mol. The molecule has 110 valence electrons. The highest BCUT2D eigenvalue weighted by Crippen LogP contribution is 2.28.